The molecule has 114 valence electrons. The highest BCUT2D eigenvalue weighted by molar-refractivity contribution is 5.80. The first-order valence-electron chi connectivity index (χ1n) is 7.88. The lowest BCUT2D eigenvalue weighted by Gasteiger charge is -2.34. The molecule has 2 bridgehead atoms. The fraction of sp³-hybridized carbons (Fsp3) is 0.933. The maximum atomic E-state index is 12.6. The zero-order valence-corrected chi connectivity index (χ0v) is 12.6. The molecule has 20 heavy (non-hydrogen) atoms. The van der Waals surface area contributed by atoms with Gasteiger partial charge < -0.3 is 14.4 Å². The number of morpholine rings is 2. The molecule has 0 aromatic heterocycles. The summed E-state index contributed by atoms with van der Waals surface area (Å²) in [7, 11) is 0. The number of nitrogens with zero attached hydrogens (tertiary/aromatic N) is 2. The first kappa shape index (κ1) is 14.3. The third-order valence-electron chi connectivity index (χ3n) is 4.50. The Bertz CT molecular complexity index is 355. The summed E-state index contributed by atoms with van der Waals surface area (Å²) in [6, 6.07) is 0. The normalized spacial score (nSPS) is 34.8. The number of hydrogen-bond donors (Lipinski definition) is 0. The van der Waals surface area contributed by atoms with Crippen LogP contribution in [0.1, 0.15) is 20.3 Å². The summed E-state index contributed by atoms with van der Waals surface area (Å²) < 4.78 is 11.3. The number of carbonyl (C=O) groups excluding carboxylic acids is 1. The van der Waals surface area contributed by atoms with Gasteiger partial charge in [-0.05, 0) is 12.3 Å². The van der Waals surface area contributed by atoms with Gasteiger partial charge in [-0.15, -0.1) is 0 Å². The van der Waals surface area contributed by atoms with Crippen molar-refractivity contribution < 1.29 is 14.3 Å². The molecule has 1 amide bonds. The molecule has 0 aromatic rings. The predicted molar refractivity (Wildman–Crippen MR) is 75.4 cm³/mol. The van der Waals surface area contributed by atoms with Crippen LogP contribution in [0.25, 0.3) is 0 Å². The standard InChI is InChI=1S/C15H26N2O3/c1-11(2)8-16-9-12-7-13(14(10-16)20-12)15(18)17-3-5-19-6-4-17/h11-14H,3-10H2,1-2H3/t12-,13-,14+/m0/s1. The summed E-state index contributed by atoms with van der Waals surface area (Å²) in [4.78, 5) is 17.1. The van der Waals surface area contributed by atoms with Crippen LogP contribution >= 0.6 is 0 Å². The highest BCUT2D eigenvalue weighted by Crippen LogP contribution is 2.33. The second-order valence-corrected chi connectivity index (χ2v) is 6.69. The van der Waals surface area contributed by atoms with Crippen molar-refractivity contribution in [1.82, 2.24) is 9.80 Å². The van der Waals surface area contributed by atoms with Crippen molar-refractivity contribution in [3.8, 4) is 0 Å². The van der Waals surface area contributed by atoms with Crippen LogP contribution in [0.15, 0.2) is 0 Å². The molecule has 0 unspecified atom stereocenters. The van der Waals surface area contributed by atoms with Gasteiger partial charge >= 0.3 is 0 Å². The van der Waals surface area contributed by atoms with Gasteiger partial charge in [-0.2, -0.15) is 0 Å². The minimum Gasteiger partial charge on any atom is -0.378 e. The molecule has 3 saturated heterocycles. The molecule has 0 aliphatic carbocycles. The lowest BCUT2D eigenvalue weighted by Crippen LogP contribution is -2.48. The van der Waals surface area contributed by atoms with Crippen LogP contribution in [-0.2, 0) is 14.3 Å². The molecule has 3 aliphatic heterocycles. The van der Waals surface area contributed by atoms with Crippen LogP contribution in [0.5, 0.6) is 0 Å². The van der Waals surface area contributed by atoms with Crippen molar-refractivity contribution >= 4 is 5.91 Å². The number of ether oxygens (including phenoxy) is 2. The molecule has 3 fully saturated rings. The Kier molecular flexibility index (Phi) is 4.29. The van der Waals surface area contributed by atoms with E-state index in [1.54, 1.807) is 0 Å². The van der Waals surface area contributed by atoms with Crippen LogP contribution in [0.4, 0.5) is 0 Å². The van der Waals surface area contributed by atoms with Crippen molar-refractivity contribution in [2.75, 3.05) is 45.9 Å². The molecule has 3 atom stereocenters. The predicted octanol–water partition coefficient (Wildman–Crippen LogP) is 0.591. The van der Waals surface area contributed by atoms with E-state index in [4.69, 9.17) is 9.47 Å². The van der Waals surface area contributed by atoms with Crippen LogP contribution in [0.2, 0.25) is 0 Å². The summed E-state index contributed by atoms with van der Waals surface area (Å²) in [6.07, 6.45) is 1.25. The van der Waals surface area contributed by atoms with Gasteiger partial charge in [0.1, 0.15) is 0 Å². The topological polar surface area (TPSA) is 42.0 Å². The zero-order chi connectivity index (χ0) is 14.1. The highest BCUT2D eigenvalue weighted by Gasteiger charge is 2.45. The molecule has 0 saturated carbocycles. The smallest absolute Gasteiger partial charge is 0.228 e. The van der Waals surface area contributed by atoms with E-state index >= 15 is 0 Å². The van der Waals surface area contributed by atoms with Crippen molar-refractivity contribution in [2.45, 2.75) is 32.5 Å². The quantitative estimate of drug-likeness (QED) is 0.760. The third kappa shape index (κ3) is 3.00. The van der Waals surface area contributed by atoms with Gasteiger partial charge in [-0.3, -0.25) is 9.69 Å². The number of fused-ring (bicyclic) bond motifs is 2. The van der Waals surface area contributed by atoms with Crippen LogP contribution in [0.3, 0.4) is 0 Å². The van der Waals surface area contributed by atoms with E-state index in [1.807, 2.05) is 4.90 Å². The number of amides is 1. The molecular weight excluding hydrogens is 256 g/mol. The number of carbonyl (C=O) groups is 1. The van der Waals surface area contributed by atoms with Crippen LogP contribution < -0.4 is 0 Å². The molecule has 5 nitrogen and oxygen atoms in total. The second kappa shape index (κ2) is 6.00. The Labute approximate surface area is 121 Å². The van der Waals surface area contributed by atoms with E-state index in [-0.39, 0.29) is 24.0 Å². The van der Waals surface area contributed by atoms with Gasteiger partial charge in [0.25, 0.3) is 0 Å². The van der Waals surface area contributed by atoms with Gasteiger partial charge in [0.2, 0.25) is 5.91 Å². The SMILES string of the molecule is CC(C)CN1C[C@@H]2C[C@H](C(=O)N3CCOCC3)[C@@H](C1)O2. The van der Waals surface area contributed by atoms with E-state index < -0.39 is 0 Å². The van der Waals surface area contributed by atoms with Crippen LogP contribution in [0, 0.1) is 11.8 Å². The minimum atomic E-state index is 0.0651. The van der Waals surface area contributed by atoms with Gasteiger partial charge in [-0.1, -0.05) is 13.8 Å². The van der Waals surface area contributed by atoms with Crippen molar-refractivity contribution in [3.63, 3.8) is 0 Å². The van der Waals surface area contributed by atoms with Gasteiger partial charge in [-0.25, -0.2) is 0 Å². The summed E-state index contributed by atoms with van der Waals surface area (Å²) in [6.45, 7) is 10.3. The summed E-state index contributed by atoms with van der Waals surface area (Å²) in [5, 5.41) is 0. The van der Waals surface area contributed by atoms with Gasteiger partial charge in [0.05, 0.1) is 31.3 Å². The number of rotatable bonds is 3. The van der Waals surface area contributed by atoms with E-state index in [1.165, 1.54) is 0 Å². The van der Waals surface area contributed by atoms with E-state index in [0.717, 1.165) is 39.1 Å². The van der Waals surface area contributed by atoms with E-state index in [0.29, 0.717) is 19.1 Å². The van der Waals surface area contributed by atoms with E-state index in [2.05, 4.69) is 18.7 Å². The third-order valence-corrected chi connectivity index (χ3v) is 4.50. The minimum absolute atomic E-state index is 0.0651. The molecule has 3 aliphatic rings. The second-order valence-electron chi connectivity index (χ2n) is 6.69. The first-order valence-corrected chi connectivity index (χ1v) is 7.88. The van der Waals surface area contributed by atoms with Crippen LogP contribution in [-0.4, -0.2) is 73.9 Å². The fourth-order valence-electron chi connectivity index (χ4n) is 3.68. The summed E-state index contributed by atoms with van der Waals surface area (Å²) >= 11 is 0. The molecule has 0 aromatic carbocycles. The molecule has 3 heterocycles. The molecule has 0 radical (unpaired) electrons. The van der Waals surface area contributed by atoms with Gasteiger partial charge in [0.15, 0.2) is 0 Å². The fourth-order valence-corrected chi connectivity index (χ4v) is 3.68. The molecule has 5 heteroatoms. The number of likely N-dealkylation sites (tertiary alicyclic amines) is 1. The Balaban J connectivity index is 1.60. The molecular formula is C15H26N2O3. The van der Waals surface area contributed by atoms with E-state index in [9.17, 15) is 4.79 Å². The number of hydrogen-bond acceptors (Lipinski definition) is 4. The average molecular weight is 282 g/mol. The summed E-state index contributed by atoms with van der Waals surface area (Å²) in [5.41, 5.74) is 0. The Morgan fingerprint density at radius 3 is 2.70 bits per heavy atom. The molecule has 3 rings (SSSR count). The monoisotopic (exact) mass is 282 g/mol. The molecule has 0 spiro atoms. The highest BCUT2D eigenvalue weighted by atomic mass is 16.5. The largest absolute Gasteiger partial charge is 0.378 e. The lowest BCUT2D eigenvalue weighted by atomic mass is 9.98. The summed E-state index contributed by atoms with van der Waals surface area (Å²) in [5.74, 6) is 1.02. The maximum absolute atomic E-state index is 12.6. The molecule has 0 N–H and O–H groups in total. The lowest BCUT2D eigenvalue weighted by molar-refractivity contribution is -0.142. The van der Waals surface area contributed by atoms with Crippen molar-refractivity contribution in [3.05, 3.63) is 0 Å². The Hall–Kier alpha value is -0.650. The van der Waals surface area contributed by atoms with Crippen molar-refractivity contribution in [2.24, 2.45) is 11.8 Å². The Morgan fingerprint density at radius 2 is 2.00 bits per heavy atom. The average Bonchev–Trinajstić information content (AvgIpc) is 2.73. The van der Waals surface area contributed by atoms with Crippen molar-refractivity contribution in [1.29, 1.82) is 0 Å². The van der Waals surface area contributed by atoms with Gasteiger partial charge in [0, 0.05) is 32.7 Å². The maximum Gasteiger partial charge on any atom is 0.228 e. The Morgan fingerprint density at radius 1 is 1.25 bits per heavy atom. The first-order chi connectivity index (χ1) is 9.63. The zero-order valence-electron chi connectivity index (χ0n) is 12.6.